The summed E-state index contributed by atoms with van der Waals surface area (Å²) in [4.78, 5) is 37.0. The molecule has 0 saturated heterocycles. The molecule has 1 aromatic carbocycles. The van der Waals surface area contributed by atoms with Crippen LogP contribution in [0.1, 0.15) is 37.8 Å². The zero-order valence-corrected chi connectivity index (χ0v) is 14.1. The second-order valence-corrected chi connectivity index (χ2v) is 6.56. The van der Waals surface area contributed by atoms with Crippen LogP contribution in [-0.2, 0) is 27.3 Å². The van der Waals surface area contributed by atoms with E-state index >= 15 is 0 Å². The number of carbonyl (C=O) groups is 3. The molecule has 2 rings (SSSR count). The van der Waals surface area contributed by atoms with Gasteiger partial charge in [0.15, 0.2) is 0 Å². The van der Waals surface area contributed by atoms with Gasteiger partial charge in [-0.05, 0) is 23.5 Å². The minimum atomic E-state index is -1.02. The van der Waals surface area contributed by atoms with Gasteiger partial charge in [0.05, 0.1) is 6.54 Å². The van der Waals surface area contributed by atoms with Gasteiger partial charge >= 0.3 is 5.97 Å². The minimum Gasteiger partial charge on any atom is -0.480 e. The van der Waals surface area contributed by atoms with Crippen LogP contribution >= 0.6 is 0 Å². The molecule has 1 aliphatic heterocycles. The predicted octanol–water partition coefficient (Wildman–Crippen LogP) is 1.58. The molecule has 24 heavy (non-hydrogen) atoms. The number of carbonyl (C=O) groups excluding carboxylic acids is 2. The van der Waals surface area contributed by atoms with E-state index in [9.17, 15) is 19.5 Å². The predicted molar refractivity (Wildman–Crippen MR) is 89.2 cm³/mol. The van der Waals surface area contributed by atoms with Gasteiger partial charge in [-0.1, -0.05) is 38.1 Å². The number of carboxylic acids is 1. The maximum Gasteiger partial charge on any atom is 0.326 e. The number of hydrogen-bond acceptors (Lipinski definition) is 3. The summed E-state index contributed by atoms with van der Waals surface area (Å²) < 4.78 is 0. The highest BCUT2D eigenvalue weighted by molar-refractivity contribution is 5.88. The number of fused-ring (bicyclic) bond motifs is 1. The number of nitrogens with one attached hydrogen (secondary N) is 1. The molecule has 0 spiro atoms. The Morgan fingerprint density at radius 1 is 1.25 bits per heavy atom. The molecule has 1 aliphatic rings. The summed E-state index contributed by atoms with van der Waals surface area (Å²) in [6.45, 7) is 4.15. The van der Waals surface area contributed by atoms with E-state index in [0.29, 0.717) is 18.8 Å². The fourth-order valence-electron chi connectivity index (χ4n) is 2.79. The van der Waals surface area contributed by atoms with Crippen LogP contribution in [0.3, 0.4) is 0 Å². The zero-order valence-electron chi connectivity index (χ0n) is 14.1. The summed E-state index contributed by atoms with van der Waals surface area (Å²) in [5, 5.41) is 12.0. The van der Waals surface area contributed by atoms with Crippen molar-refractivity contribution in [3.8, 4) is 0 Å². The first kappa shape index (κ1) is 18.0. The smallest absolute Gasteiger partial charge is 0.326 e. The molecule has 2 amide bonds. The Morgan fingerprint density at radius 2 is 1.92 bits per heavy atom. The van der Waals surface area contributed by atoms with Crippen molar-refractivity contribution in [3.05, 3.63) is 35.4 Å². The number of amides is 2. The molecule has 1 atom stereocenters. The zero-order chi connectivity index (χ0) is 17.7. The molecule has 130 valence electrons. The Labute approximate surface area is 141 Å². The monoisotopic (exact) mass is 332 g/mol. The average molecular weight is 332 g/mol. The topological polar surface area (TPSA) is 86.7 Å². The third-order valence-corrected chi connectivity index (χ3v) is 4.24. The molecule has 1 aromatic rings. The molecular formula is C18H24N2O4. The lowest BCUT2D eigenvalue weighted by molar-refractivity contribution is -0.151. The third-order valence-electron chi connectivity index (χ3n) is 4.24. The van der Waals surface area contributed by atoms with Crippen molar-refractivity contribution in [1.29, 1.82) is 0 Å². The molecule has 0 aliphatic carbocycles. The lowest BCUT2D eigenvalue weighted by atomic mass is 9.94. The van der Waals surface area contributed by atoms with Crippen LogP contribution in [-0.4, -0.2) is 40.4 Å². The Kier molecular flexibility index (Phi) is 5.95. The van der Waals surface area contributed by atoms with Crippen molar-refractivity contribution in [3.63, 3.8) is 0 Å². The first-order valence-electron chi connectivity index (χ1n) is 8.24. The number of carboxylic acid groups (broad SMARTS) is 1. The maximum atomic E-state index is 12.4. The molecule has 6 heteroatoms. The summed E-state index contributed by atoms with van der Waals surface area (Å²) in [6.07, 6.45) is 1.42. The molecule has 0 saturated carbocycles. The van der Waals surface area contributed by atoms with Gasteiger partial charge in [-0.25, -0.2) is 4.79 Å². The standard InChI is InChI=1S/C18H24N2O4/c1-12(2)7-8-16(21)19-10-17(22)20-11-14-6-4-3-5-13(14)9-15(20)18(23)24/h3-6,12,15H,7-11H2,1-2H3,(H,19,21)(H,23,24). The van der Waals surface area contributed by atoms with Crippen LogP contribution < -0.4 is 5.32 Å². The fourth-order valence-corrected chi connectivity index (χ4v) is 2.79. The first-order chi connectivity index (χ1) is 11.4. The van der Waals surface area contributed by atoms with Gasteiger partial charge in [0.1, 0.15) is 6.04 Å². The van der Waals surface area contributed by atoms with Gasteiger partial charge < -0.3 is 15.3 Å². The maximum absolute atomic E-state index is 12.4. The van der Waals surface area contributed by atoms with E-state index < -0.39 is 12.0 Å². The van der Waals surface area contributed by atoms with Gasteiger partial charge in [-0.15, -0.1) is 0 Å². The van der Waals surface area contributed by atoms with Crippen molar-refractivity contribution in [2.45, 2.75) is 45.7 Å². The van der Waals surface area contributed by atoms with E-state index in [1.54, 1.807) is 0 Å². The first-order valence-corrected chi connectivity index (χ1v) is 8.24. The summed E-state index contributed by atoms with van der Waals surface area (Å²) in [5.41, 5.74) is 1.91. The Morgan fingerprint density at radius 3 is 2.54 bits per heavy atom. The largest absolute Gasteiger partial charge is 0.480 e. The molecular weight excluding hydrogens is 308 g/mol. The van der Waals surface area contributed by atoms with Gasteiger partial charge in [0, 0.05) is 19.4 Å². The molecule has 0 aromatic heterocycles. The van der Waals surface area contributed by atoms with Crippen LogP contribution in [0.15, 0.2) is 24.3 Å². The van der Waals surface area contributed by atoms with E-state index in [1.807, 2.05) is 38.1 Å². The van der Waals surface area contributed by atoms with E-state index in [4.69, 9.17) is 0 Å². The third kappa shape index (κ3) is 4.57. The van der Waals surface area contributed by atoms with E-state index in [2.05, 4.69) is 5.32 Å². The van der Waals surface area contributed by atoms with Crippen molar-refractivity contribution < 1.29 is 19.5 Å². The SMILES string of the molecule is CC(C)CCC(=O)NCC(=O)N1Cc2ccccc2CC1C(=O)O. The highest BCUT2D eigenvalue weighted by atomic mass is 16.4. The summed E-state index contributed by atoms with van der Waals surface area (Å²) >= 11 is 0. The lowest BCUT2D eigenvalue weighted by Gasteiger charge is -2.34. The van der Waals surface area contributed by atoms with E-state index in [1.165, 1.54) is 4.90 Å². The van der Waals surface area contributed by atoms with E-state index in [0.717, 1.165) is 17.5 Å². The molecule has 0 fully saturated rings. The van der Waals surface area contributed by atoms with Crippen LogP contribution in [0.5, 0.6) is 0 Å². The van der Waals surface area contributed by atoms with Crippen molar-refractivity contribution in [2.24, 2.45) is 5.92 Å². The lowest BCUT2D eigenvalue weighted by Crippen LogP contribution is -2.51. The van der Waals surface area contributed by atoms with Crippen molar-refractivity contribution in [1.82, 2.24) is 10.2 Å². The number of aliphatic carboxylic acids is 1. The van der Waals surface area contributed by atoms with Crippen molar-refractivity contribution in [2.75, 3.05) is 6.54 Å². The minimum absolute atomic E-state index is 0.164. The van der Waals surface area contributed by atoms with Gasteiger partial charge in [0.25, 0.3) is 0 Å². The van der Waals surface area contributed by atoms with Crippen LogP contribution in [0.4, 0.5) is 0 Å². The molecule has 6 nitrogen and oxygen atoms in total. The summed E-state index contributed by atoms with van der Waals surface area (Å²) in [7, 11) is 0. The Hall–Kier alpha value is -2.37. The van der Waals surface area contributed by atoms with Gasteiger partial charge in [0.2, 0.25) is 11.8 Å². The van der Waals surface area contributed by atoms with Crippen LogP contribution in [0.2, 0.25) is 0 Å². The highest BCUT2D eigenvalue weighted by Gasteiger charge is 2.34. The Bertz CT molecular complexity index is 627. The molecule has 1 unspecified atom stereocenters. The van der Waals surface area contributed by atoms with Crippen LogP contribution in [0, 0.1) is 5.92 Å². The van der Waals surface area contributed by atoms with Gasteiger partial charge in [-0.2, -0.15) is 0 Å². The van der Waals surface area contributed by atoms with Crippen LogP contribution in [0.25, 0.3) is 0 Å². The second kappa shape index (κ2) is 7.95. The highest BCUT2D eigenvalue weighted by Crippen LogP contribution is 2.23. The number of benzene rings is 1. The average Bonchev–Trinajstić information content (AvgIpc) is 2.56. The molecule has 1 heterocycles. The quantitative estimate of drug-likeness (QED) is 0.828. The fraction of sp³-hybridized carbons (Fsp3) is 0.500. The number of nitrogens with zero attached hydrogens (tertiary/aromatic N) is 1. The van der Waals surface area contributed by atoms with E-state index in [-0.39, 0.29) is 24.9 Å². The second-order valence-electron chi connectivity index (χ2n) is 6.56. The molecule has 0 radical (unpaired) electrons. The normalized spacial score (nSPS) is 16.6. The molecule has 2 N–H and O–H groups in total. The number of hydrogen-bond donors (Lipinski definition) is 2. The summed E-state index contributed by atoms with van der Waals surface area (Å²) in [5.74, 6) is -1.15. The van der Waals surface area contributed by atoms with Crippen molar-refractivity contribution >= 4 is 17.8 Å². The Balaban J connectivity index is 1.99. The number of rotatable bonds is 6. The van der Waals surface area contributed by atoms with Gasteiger partial charge in [-0.3, -0.25) is 9.59 Å². The molecule has 0 bridgehead atoms. The summed E-state index contributed by atoms with van der Waals surface area (Å²) in [6, 6.07) is 6.64.